The van der Waals surface area contributed by atoms with Crippen LogP contribution in [0.3, 0.4) is 0 Å². The van der Waals surface area contributed by atoms with Gasteiger partial charge in [-0.1, -0.05) is 15.9 Å². The zero-order valence-electron chi connectivity index (χ0n) is 12.2. The molecule has 6 heteroatoms. The van der Waals surface area contributed by atoms with Crippen molar-refractivity contribution in [2.45, 2.75) is 26.1 Å². The normalized spacial score (nSPS) is 25.7. The fourth-order valence-electron chi connectivity index (χ4n) is 2.98. The summed E-state index contributed by atoms with van der Waals surface area (Å²) in [5.41, 5.74) is 1.24. The molecule has 3 atom stereocenters. The van der Waals surface area contributed by atoms with Gasteiger partial charge in [0.05, 0.1) is 6.61 Å². The number of hydrogen-bond donors (Lipinski definition) is 0. The summed E-state index contributed by atoms with van der Waals surface area (Å²) in [7, 11) is 0. The van der Waals surface area contributed by atoms with Crippen LogP contribution in [-0.2, 0) is 19.1 Å². The summed E-state index contributed by atoms with van der Waals surface area (Å²) in [6.07, 6.45) is -0.0280. The fourth-order valence-corrected chi connectivity index (χ4v) is 3.36. The second-order valence-corrected chi connectivity index (χ2v) is 6.09. The van der Waals surface area contributed by atoms with E-state index >= 15 is 0 Å². The van der Waals surface area contributed by atoms with Crippen LogP contribution >= 0.6 is 15.9 Å². The molecule has 116 valence electrons. The molecule has 2 aliphatic heterocycles. The van der Waals surface area contributed by atoms with Gasteiger partial charge in [-0.05, 0) is 32.0 Å². The van der Waals surface area contributed by atoms with Crippen LogP contribution in [0.2, 0.25) is 0 Å². The molecule has 0 saturated carbocycles. The number of carbonyl (C=O) groups is 2. The summed E-state index contributed by atoms with van der Waals surface area (Å²) >= 11 is 3.42. The maximum atomic E-state index is 12.3. The molecule has 0 fully saturated rings. The molecule has 2 aliphatic rings. The first kappa shape index (κ1) is 15.1. The van der Waals surface area contributed by atoms with Crippen molar-refractivity contribution >= 4 is 28.2 Å². The molecule has 3 unspecified atom stereocenters. The van der Waals surface area contributed by atoms with Gasteiger partial charge in [0, 0.05) is 21.5 Å². The average molecular weight is 367 g/mol. The minimum Gasteiger partial charge on any atom is -0.466 e. The van der Waals surface area contributed by atoms with Gasteiger partial charge in [0.15, 0.2) is 0 Å². The Morgan fingerprint density at radius 1 is 1.41 bits per heavy atom. The van der Waals surface area contributed by atoms with Crippen molar-refractivity contribution < 1.29 is 23.8 Å². The lowest BCUT2D eigenvalue weighted by atomic mass is 9.76. The van der Waals surface area contributed by atoms with E-state index in [0.717, 1.165) is 16.3 Å². The van der Waals surface area contributed by atoms with E-state index in [2.05, 4.69) is 15.9 Å². The van der Waals surface area contributed by atoms with Gasteiger partial charge in [-0.3, -0.25) is 9.59 Å². The van der Waals surface area contributed by atoms with E-state index in [1.807, 2.05) is 12.1 Å². The van der Waals surface area contributed by atoms with Crippen LogP contribution in [-0.4, -0.2) is 25.2 Å². The van der Waals surface area contributed by atoms with E-state index in [0.29, 0.717) is 17.1 Å². The quantitative estimate of drug-likeness (QED) is 0.607. The Hall–Kier alpha value is -1.82. The van der Waals surface area contributed by atoms with Crippen molar-refractivity contribution in [1.82, 2.24) is 0 Å². The monoisotopic (exact) mass is 366 g/mol. The third-order valence-electron chi connectivity index (χ3n) is 3.92. The molecule has 3 rings (SSSR count). The van der Waals surface area contributed by atoms with Crippen molar-refractivity contribution in [1.29, 1.82) is 0 Å². The van der Waals surface area contributed by atoms with Crippen LogP contribution in [0.4, 0.5) is 0 Å². The number of benzene rings is 1. The van der Waals surface area contributed by atoms with Crippen molar-refractivity contribution in [3.8, 4) is 5.75 Å². The molecule has 0 N–H and O–H groups in total. The number of ether oxygens (including phenoxy) is 3. The van der Waals surface area contributed by atoms with Crippen molar-refractivity contribution in [2.24, 2.45) is 5.92 Å². The highest BCUT2D eigenvalue weighted by molar-refractivity contribution is 9.10. The Balaban J connectivity index is 2.16. The van der Waals surface area contributed by atoms with Gasteiger partial charge in [0.2, 0.25) is 0 Å². The molecule has 1 aromatic carbocycles. The Labute approximate surface area is 136 Å². The first-order chi connectivity index (χ1) is 10.6. The van der Waals surface area contributed by atoms with E-state index in [1.54, 1.807) is 19.9 Å². The molecular formula is C16H15BrO5. The highest BCUT2D eigenvalue weighted by Crippen LogP contribution is 2.49. The second-order valence-electron chi connectivity index (χ2n) is 5.17. The standard InChI is InChI=1S/C16H15BrO5/c1-3-20-15(19)14-13-10-6-9(17)4-5-12(10)22-16(14)21-8(2)11(13)7-18/h4-7,13-14,16H,3H2,1-2H3. The van der Waals surface area contributed by atoms with E-state index in [1.165, 1.54) is 0 Å². The largest absolute Gasteiger partial charge is 0.466 e. The Morgan fingerprint density at radius 3 is 2.86 bits per heavy atom. The summed E-state index contributed by atoms with van der Waals surface area (Å²) in [6.45, 7) is 3.71. The Morgan fingerprint density at radius 2 is 2.18 bits per heavy atom. The number of allylic oxidation sites excluding steroid dienone is 2. The zero-order valence-corrected chi connectivity index (χ0v) is 13.8. The first-order valence-corrected chi connectivity index (χ1v) is 7.81. The molecular weight excluding hydrogens is 352 g/mol. The molecule has 1 aromatic rings. The number of hydrogen-bond acceptors (Lipinski definition) is 5. The van der Waals surface area contributed by atoms with E-state index in [4.69, 9.17) is 14.2 Å². The number of carbonyl (C=O) groups excluding carboxylic acids is 2. The molecule has 0 spiro atoms. The first-order valence-electron chi connectivity index (χ1n) is 7.02. The molecule has 22 heavy (non-hydrogen) atoms. The highest BCUT2D eigenvalue weighted by Gasteiger charge is 2.50. The molecule has 5 nitrogen and oxygen atoms in total. The molecule has 2 heterocycles. The lowest BCUT2D eigenvalue weighted by molar-refractivity contribution is -0.171. The lowest BCUT2D eigenvalue weighted by Gasteiger charge is -2.42. The predicted molar refractivity (Wildman–Crippen MR) is 81.3 cm³/mol. The zero-order chi connectivity index (χ0) is 15.9. The van der Waals surface area contributed by atoms with Crippen molar-refractivity contribution in [3.05, 3.63) is 39.6 Å². The fraction of sp³-hybridized carbons (Fsp3) is 0.375. The van der Waals surface area contributed by atoms with Gasteiger partial charge in [0.25, 0.3) is 6.29 Å². The maximum Gasteiger partial charge on any atom is 0.317 e. The molecule has 0 aromatic heterocycles. The number of fused-ring (bicyclic) bond motifs is 4. The SMILES string of the molecule is CCOC(=O)C1C2OC(C)=C(C=O)C1c1cc(Br)ccc1O2. The minimum atomic E-state index is -0.776. The van der Waals surface area contributed by atoms with Crippen LogP contribution in [0.25, 0.3) is 0 Å². The number of rotatable bonds is 3. The molecule has 0 aliphatic carbocycles. The molecule has 0 amide bonds. The van der Waals surface area contributed by atoms with E-state index in [9.17, 15) is 9.59 Å². The second kappa shape index (κ2) is 5.76. The van der Waals surface area contributed by atoms with Gasteiger partial charge in [-0.25, -0.2) is 0 Å². The third-order valence-corrected chi connectivity index (χ3v) is 4.42. The summed E-state index contributed by atoms with van der Waals surface area (Å²) < 4.78 is 17.4. The van der Waals surface area contributed by atoms with Gasteiger partial charge in [0.1, 0.15) is 23.7 Å². The molecule has 2 bridgehead atoms. The topological polar surface area (TPSA) is 61.8 Å². The van der Waals surface area contributed by atoms with Crippen LogP contribution in [0.1, 0.15) is 25.3 Å². The predicted octanol–water partition coefficient (Wildman–Crippen LogP) is 2.93. The van der Waals surface area contributed by atoms with Gasteiger partial charge >= 0.3 is 5.97 Å². The third kappa shape index (κ3) is 2.31. The Bertz CT molecular complexity index is 667. The van der Waals surface area contributed by atoms with E-state index < -0.39 is 24.1 Å². The summed E-state index contributed by atoms with van der Waals surface area (Å²) in [6, 6.07) is 5.51. The summed E-state index contributed by atoms with van der Waals surface area (Å²) in [5.74, 6) is -0.432. The summed E-state index contributed by atoms with van der Waals surface area (Å²) in [5, 5.41) is 0. The van der Waals surface area contributed by atoms with Gasteiger partial charge < -0.3 is 14.2 Å². The number of esters is 1. The lowest BCUT2D eigenvalue weighted by Crippen LogP contribution is -2.47. The van der Waals surface area contributed by atoms with Crippen LogP contribution in [0.15, 0.2) is 34.0 Å². The average Bonchev–Trinajstić information content (AvgIpc) is 2.48. The minimum absolute atomic E-state index is 0.263. The smallest absolute Gasteiger partial charge is 0.317 e. The Kier molecular flexibility index (Phi) is 3.95. The number of aldehydes is 1. The van der Waals surface area contributed by atoms with Gasteiger partial charge in [-0.2, -0.15) is 0 Å². The van der Waals surface area contributed by atoms with E-state index in [-0.39, 0.29) is 6.61 Å². The van der Waals surface area contributed by atoms with Crippen LogP contribution < -0.4 is 4.74 Å². The molecule has 0 saturated heterocycles. The van der Waals surface area contributed by atoms with Crippen molar-refractivity contribution in [2.75, 3.05) is 6.61 Å². The van der Waals surface area contributed by atoms with Gasteiger partial charge in [-0.15, -0.1) is 0 Å². The highest BCUT2D eigenvalue weighted by atomic mass is 79.9. The van der Waals surface area contributed by atoms with Crippen LogP contribution in [0, 0.1) is 5.92 Å². The van der Waals surface area contributed by atoms with Crippen molar-refractivity contribution in [3.63, 3.8) is 0 Å². The van der Waals surface area contributed by atoms with Crippen LogP contribution in [0.5, 0.6) is 5.75 Å². The summed E-state index contributed by atoms with van der Waals surface area (Å²) in [4.78, 5) is 23.9. The molecule has 0 radical (unpaired) electrons. The number of halogens is 1. The maximum absolute atomic E-state index is 12.3.